The minimum atomic E-state index is -3.83. The van der Waals surface area contributed by atoms with Crippen LogP contribution in [0.15, 0.2) is 89.1 Å². The molecule has 0 fully saturated rings. The van der Waals surface area contributed by atoms with Crippen LogP contribution in [-0.4, -0.2) is 26.4 Å². The topological polar surface area (TPSA) is 97.4 Å². The van der Waals surface area contributed by atoms with Gasteiger partial charge in [-0.3, -0.25) is 4.79 Å². The van der Waals surface area contributed by atoms with Crippen molar-refractivity contribution in [2.75, 3.05) is 12.4 Å². The van der Waals surface area contributed by atoms with E-state index in [1.165, 1.54) is 11.3 Å². The van der Waals surface area contributed by atoms with Gasteiger partial charge in [-0.2, -0.15) is 0 Å². The van der Waals surface area contributed by atoms with E-state index in [4.69, 9.17) is 4.74 Å². The first-order valence-electron chi connectivity index (χ1n) is 10.9. The predicted molar refractivity (Wildman–Crippen MR) is 138 cm³/mol. The number of aromatic nitrogens is 1. The molecule has 35 heavy (non-hydrogen) atoms. The number of carbonyl (C=O) groups is 1. The van der Waals surface area contributed by atoms with Gasteiger partial charge in [-0.15, -0.1) is 11.3 Å². The van der Waals surface area contributed by atoms with Gasteiger partial charge >= 0.3 is 0 Å². The van der Waals surface area contributed by atoms with Crippen molar-refractivity contribution in [3.8, 4) is 17.0 Å². The van der Waals surface area contributed by atoms with Crippen LogP contribution in [0.25, 0.3) is 11.3 Å². The van der Waals surface area contributed by atoms with Crippen molar-refractivity contribution in [2.24, 2.45) is 0 Å². The molecule has 0 radical (unpaired) electrons. The fraction of sp³-hybridized carbons (Fsp3) is 0.154. The van der Waals surface area contributed by atoms with E-state index in [1.807, 2.05) is 54.8 Å². The highest BCUT2D eigenvalue weighted by Gasteiger charge is 2.24. The molecule has 1 atom stereocenters. The van der Waals surface area contributed by atoms with Crippen LogP contribution in [-0.2, 0) is 14.8 Å². The highest BCUT2D eigenvalue weighted by Crippen LogP contribution is 2.27. The Balaban J connectivity index is 1.49. The fourth-order valence-corrected chi connectivity index (χ4v) is 5.43. The van der Waals surface area contributed by atoms with Crippen molar-refractivity contribution in [1.29, 1.82) is 0 Å². The van der Waals surface area contributed by atoms with Gasteiger partial charge in [0.25, 0.3) is 0 Å². The van der Waals surface area contributed by atoms with Crippen molar-refractivity contribution in [3.63, 3.8) is 0 Å². The Morgan fingerprint density at radius 1 is 1.00 bits per heavy atom. The molecule has 3 aromatic carbocycles. The Hall–Kier alpha value is -3.53. The number of ether oxygens (including phenoxy) is 1. The van der Waals surface area contributed by atoms with Crippen LogP contribution in [0, 0.1) is 6.92 Å². The summed E-state index contributed by atoms with van der Waals surface area (Å²) in [6.45, 7) is 1.89. The molecule has 4 rings (SSSR count). The van der Waals surface area contributed by atoms with Crippen molar-refractivity contribution in [1.82, 2.24) is 9.71 Å². The summed E-state index contributed by atoms with van der Waals surface area (Å²) < 4.78 is 33.9. The van der Waals surface area contributed by atoms with Crippen LogP contribution >= 0.6 is 11.3 Å². The molecule has 0 spiro atoms. The van der Waals surface area contributed by atoms with E-state index in [-0.39, 0.29) is 17.2 Å². The third kappa shape index (κ3) is 6.33. The van der Waals surface area contributed by atoms with Crippen LogP contribution in [0.5, 0.6) is 5.75 Å². The maximum Gasteiger partial charge on any atom is 0.241 e. The summed E-state index contributed by atoms with van der Waals surface area (Å²) in [7, 11) is -2.23. The minimum Gasteiger partial charge on any atom is -0.497 e. The quantitative estimate of drug-likeness (QED) is 0.326. The highest BCUT2D eigenvalue weighted by atomic mass is 32.2. The molecule has 0 unspecified atom stereocenters. The molecule has 4 aromatic rings. The lowest BCUT2D eigenvalue weighted by Crippen LogP contribution is -2.31. The molecular formula is C26H25N3O4S2. The number of hydrogen-bond donors (Lipinski definition) is 2. The molecule has 0 saturated carbocycles. The van der Waals surface area contributed by atoms with Gasteiger partial charge in [0.15, 0.2) is 5.13 Å². The summed E-state index contributed by atoms with van der Waals surface area (Å²) in [5.74, 6) is 0.402. The van der Waals surface area contributed by atoms with Gasteiger partial charge in [0.1, 0.15) is 5.75 Å². The second-order valence-electron chi connectivity index (χ2n) is 7.92. The zero-order valence-corrected chi connectivity index (χ0v) is 20.9. The third-order valence-electron chi connectivity index (χ3n) is 5.36. The first kappa shape index (κ1) is 24.6. The van der Waals surface area contributed by atoms with E-state index < -0.39 is 16.1 Å². The average molecular weight is 508 g/mol. The Bertz CT molecular complexity index is 1380. The van der Waals surface area contributed by atoms with Gasteiger partial charge in [-0.25, -0.2) is 18.1 Å². The van der Waals surface area contributed by atoms with Crippen LogP contribution in [0.2, 0.25) is 0 Å². The number of rotatable bonds is 9. The number of sulfonamides is 1. The van der Waals surface area contributed by atoms with Gasteiger partial charge in [-0.1, -0.05) is 48.0 Å². The van der Waals surface area contributed by atoms with Crippen molar-refractivity contribution in [2.45, 2.75) is 24.3 Å². The predicted octanol–water partition coefficient (Wildman–Crippen LogP) is 5.18. The molecule has 9 heteroatoms. The average Bonchev–Trinajstić information content (AvgIpc) is 3.32. The van der Waals surface area contributed by atoms with Gasteiger partial charge in [0, 0.05) is 17.4 Å². The molecule has 180 valence electrons. The molecule has 0 bridgehead atoms. The second-order valence-corrected chi connectivity index (χ2v) is 10.5. The number of benzene rings is 3. The number of nitrogens with zero attached hydrogens (tertiary/aromatic N) is 1. The normalized spacial score (nSPS) is 12.2. The Morgan fingerprint density at radius 3 is 2.34 bits per heavy atom. The summed E-state index contributed by atoms with van der Waals surface area (Å²) in [5, 5.41) is 5.09. The summed E-state index contributed by atoms with van der Waals surface area (Å²) in [6.07, 6.45) is -0.0907. The molecule has 0 aliphatic rings. The van der Waals surface area contributed by atoms with Gasteiger partial charge < -0.3 is 10.1 Å². The Kier molecular flexibility index (Phi) is 7.60. The highest BCUT2D eigenvalue weighted by molar-refractivity contribution is 7.89. The maximum atomic E-state index is 13.0. The number of aryl methyl sites for hydroxylation is 1. The number of anilines is 1. The monoisotopic (exact) mass is 507 g/mol. The first-order valence-corrected chi connectivity index (χ1v) is 13.2. The number of amides is 1. The smallest absolute Gasteiger partial charge is 0.241 e. The van der Waals surface area contributed by atoms with Crippen LogP contribution < -0.4 is 14.8 Å². The summed E-state index contributed by atoms with van der Waals surface area (Å²) >= 11 is 1.30. The SMILES string of the molecule is COc1ccc(-c2csc(NC(=O)C[C@H](NS(=O)(=O)c3ccc(C)cc3)c3ccccc3)n2)cc1. The van der Waals surface area contributed by atoms with E-state index >= 15 is 0 Å². The van der Waals surface area contributed by atoms with Crippen molar-refractivity contribution in [3.05, 3.63) is 95.4 Å². The maximum absolute atomic E-state index is 13.0. The van der Waals surface area contributed by atoms with Gasteiger partial charge in [-0.05, 0) is 48.9 Å². The van der Waals surface area contributed by atoms with Gasteiger partial charge in [0.2, 0.25) is 15.9 Å². The zero-order chi connectivity index (χ0) is 24.8. The van der Waals surface area contributed by atoms with E-state index in [2.05, 4.69) is 15.0 Å². The molecular weight excluding hydrogens is 482 g/mol. The molecule has 0 aliphatic heterocycles. The minimum absolute atomic E-state index is 0.0907. The van der Waals surface area contributed by atoms with E-state index in [9.17, 15) is 13.2 Å². The lowest BCUT2D eigenvalue weighted by atomic mass is 10.0. The van der Waals surface area contributed by atoms with Crippen LogP contribution in [0.1, 0.15) is 23.6 Å². The first-order chi connectivity index (χ1) is 16.8. The molecule has 7 nitrogen and oxygen atoms in total. The van der Waals surface area contributed by atoms with E-state index in [1.54, 1.807) is 43.5 Å². The summed E-state index contributed by atoms with van der Waals surface area (Å²) in [4.78, 5) is 17.5. The largest absolute Gasteiger partial charge is 0.497 e. The van der Waals surface area contributed by atoms with E-state index in [0.29, 0.717) is 10.7 Å². The molecule has 1 aromatic heterocycles. The van der Waals surface area contributed by atoms with Crippen LogP contribution in [0.3, 0.4) is 0 Å². The molecule has 0 aliphatic carbocycles. The summed E-state index contributed by atoms with van der Waals surface area (Å²) in [6, 6.07) is 22.3. The van der Waals surface area contributed by atoms with Crippen LogP contribution in [0.4, 0.5) is 5.13 Å². The van der Waals surface area contributed by atoms with Crippen molar-refractivity contribution >= 4 is 32.4 Å². The Morgan fingerprint density at radius 2 is 1.69 bits per heavy atom. The number of nitrogens with one attached hydrogen (secondary N) is 2. The zero-order valence-electron chi connectivity index (χ0n) is 19.3. The van der Waals surface area contributed by atoms with Gasteiger partial charge in [0.05, 0.1) is 23.7 Å². The van der Waals surface area contributed by atoms with Crippen molar-refractivity contribution < 1.29 is 17.9 Å². The molecule has 2 N–H and O–H groups in total. The third-order valence-corrected chi connectivity index (χ3v) is 7.60. The van der Waals surface area contributed by atoms with E-state index in [0.717, 1.165) is 22.6 Å². The fourth-order valence-electron chi connectivity index (χ4n) is 3.47. The number of thiazole rings is 1. The number of carbonyl (C=O) groups excluding carboxylic acids is 1. The molecule has 0 saturated heterocycles. The Labute approximate surface area is 208 Å². The standard InChI is InChI=1S/C26H25N3O4S2/c1-18-8-14-22(15-9-18)35(31,32)29-23(19-6-4-3-5-7-19)16-25(30)28-26-27-24(17-34-26)20-10-12-21(33-2)13-11-20/h3-15,17,23,29H,16H2,1-2H3,(H,27,28,30)/t23-/m0/s1. The molecule has 1 heterocycles. The lowest BCUT2D eigenvalue weighted by Gasteiger charge is -2.19. The molecule has 1 amide bonds. The lowest BCUT2D eigenvalue weighted by molar-refractivity contribution is -0.116. The summed E-state index contributed by atoms with van der Waals surface area (Å²) in [5.41, 5.74) is 3.28. The number of methoxy groups -OCH3 is 1. The second kappa shape index (κ2) is 10.8. The number of hydrogen-bond acceptors (Lipinski definition) is 6.